The summed E-state index contributed by atoms with van der Waals surface area (Å²) in [6.07, 6.45) is 2.31. The van der Waals surface area contributed by atoms with Gasteiger partial charge in [-0.3, -0.25) is 8.98 Å². The number of aliphatic hydroxyl groups is 2. The van der Waals surface area contributed by atoms with Crippen molar-refractivity contribution in [3.05, 3.63) is 74.9 Å². The Morgan fingerprint density at radius 1 is 1.32 bits per heavy atom. The molecule has 4 rings (SSSR count). The van der Waals surface area contributed by atoms with Gasteiger partial charge in [-0.25, -0.2) is 19.5 Å². The average Bonchev–Trinajstić information content (AvgIpc) is 3.40. The number of halogens is 3. The number of aliphatic hydroxyl groups excluding tert-OH is 2. The number of nitrogens with two attached hydrogens (primary N) is 1. The van der Waals surface area contributed by atoms with E-state index in [2.05, 4.69) is 19.5 Å². The number of nitrogens with zero attached hydrogens (tertiary/aromatic N) is 2. The summed E-state index contributed by atoms with van der Waals surface area (Å²) in [5, 5.41) is 29.0. The van der Waals surface area contributed by atoms with E-state index in [-0.39, 0.29) is 63.6 Å². The first kappa shape index (κ1) is 27.6. The van der Waals surface area contributed by atoms with Crippen LogP contribution < -0.4 is 10.5 Å². The number of carbonyl (C=O) groups is 1. The zero-order valence-corrected chi connectivity index (χ0v) is 21.5. The minimum absolute atomic E-state index is 0.0123. The molecular weight excluding hydrogens is 550 g/mol. The van der Waals surface area contributed by atoms with Crippen LogP contribution in [0.3, 0.4) is 0 Å². The summed E-state index contributed by atoms with van der Waals surface area (Å²) >= 11 is 12.2. The number of allylic oxidation sites excluding steroid dienone is 2. The molecule has 4 atom stereocenters. The molecule has 1 heterocycles. The zero-order valence-electron chi connectivity index (χ0n) is 19.1. The van der Waals surface area contributed by atoms with Crippen LogP contribution in [0, 0.1) is 11.7 Å². The van der Waals surface area contributed by atoms with Crippen LogP contribution >= 0.6 is 23.2 Å². The summed E-state index contributed by atoms with van der Waals surface area (Å²) in [7, 11) is -4.14. The second-order valence-electron chi connectivity index (χ2n) is 8.78. The lowest BCUT2D eigenvalue weighted by atomic mass is 10.0. The van der Waals surface area contributed by atoms with E-state index >= 15 is 0 Å². The fourth-order valence-corrected chi connectivity index (χ4v) is 5.27. The summed E-state index contributed by atoms with van der Waals surface area (Å²) in [6, 6.07) is 3.88. The van der Waals surface area contributed by atoms with Gasteiger partial charge in [0, 0.05) is 46.3 Å². The highest BCUT2D eigenvalue weighted by Crippen LogP contribution is 2.39. The highest BCUT2D eigenvalue weighted by Gasteiger charge is 2.35. The van der Waals surface area contributed by atoms with Crippen LogP contribution in [-0.2, 0) is 14.5 Å². The fraction of sp³-hybridized carbons (Fsp3) is 0.348. The normalized spacial score (nSPS) is 22.8. The van der Waals surface area contributed by atoms with Gasteiger partial charge >= 0.3 is 10.3 Å². The molecule has 5 N–H and O–H groups in total. The Hall–Kier alpha value is -2.45. The van der Waals surface area contributed by atoms with Crippen LogP contribution in [0.5, 0.6) is 0 Å². The Morgan fingerprint density at radius 2 is 2.08 bits per heavy atom. The van der Waals surface area contributed by atoms with E-state index in [4.69, 9.17) is 28.3 Å². The number of carbonyl (C=O) groups excluding carboxylic acids is 1. The van der Waals surface area contributed by atoms with Gasteiger partial charge in [0.1, 0.15) is 24.1 Å². The molecule has 1 saturated carbocycles. The Morgan fingerprint density at radius 3 is 2.81 bits per heavy atom. The molecule has 1 fully saturated rings. The van der Waals surface area contributed by atoms with Crippen molar-refractivity contribution in [3.8, 4) is 0 Å². The van der Waals surface area contributed by atoms with Crippen molar-refractivity contribution in [2.24, 2.45) is 11.1 Å². The number of hydrogen-bond acceptors (Lipinski definition) is 9. The topological polar surface area (TPSA) is 165 Å². The third kappa shape index (κ3) is 6.34. The Balaban J connectivity index is 1.50. The summed E-state index contributed by atoms with van der Waals surface area (Å²) in [5.74, 6) is -1.52. The minimum Gasteiger partial charge on any atom is -0.393 e. The number of Topliss-reactive ketones (excluding diaryl/α,β-unsaturated/α-hetero) is 1. The lowest BCUT2D eigenvalue weighted by Gasteiger charge is -2.16. The highest BCUT2D eigenvalue weighted by molar-refractivity contribution is 7.84. The predicted molar refractivity (Wildman–Crippen MR) is 134 cm³/mol. The van der Waals surface area contributed by atoms with Crippen LogP contribution in [0.2, 0.25) is 5.02 Å². The molecule has 0 radical (unpaired) electrons. The van der Waals surface area contributed by atoms with Crippen molar-refractivity contribution in [2.45, 2.75) is 37.5 Å². The Kier molecular flexibility index (Phi) is 8.29. The van der Waals surface area contributed by atoms with E-state index in [9.17, 15) is 27.8 Å². The standard InChI is InChI=1S/C23H23Cl2FN4O6S/c24-17-3-1-2-14(20(17)26)22(33)15-5-11(6-18(15)25)21(32)16-8-28-10-29-23(16)30-13-4-12(19(31)7-13)9-36-37(27,34)35/h1-3,5,8,10,12-13,19,22,31,33H,4,6-7,9H2,(H2,27,34,35)(H,28,29,30)/t12-,13-,19+,22?/m1/s1. The molecule has 0 aliphatic heterocycles. The van der Waals surface area contributed by atoms with Gasteiger partial charge in [0.2, 0.25) is 0 Å². The second-order valence-corrected chi connectivity index (χ2v) is 10.9. The van der Waals surface area contributed by atoms with Crippen molar-refractivity contribution in [2.75, 3.05) is 11.9 Å². The van der Waals surface area contributed by atoms with Gasteiger partial charge in [0.15, 0.2) is 5.78 Å². The highest BCUT2D eigenvalue weighted by atomic mass is 35.5. The SMILES string of the molecule is NS(=O)(=O)OC[C@H]1C[C@@H](Nc2ncncc2C(=O)C2=CC(C(O)c3cccc(Cl)c3F)=C(Cl)C2)C[C@@H]1O. The molecule has 1 aromatic carbocycles. The number of hydrogen-bond donors (Lipinski definition) is 4. The second kappa shape index (κ2) is 11.1. The Bertz CT molecular complexity index is 1390. The molecule has 10 nitrogen and oxygen atoms in total. The molecule has 198 valence electrons. The maximum absolute atomic E-state index is 14.4. The van der Waals surface area contributed by atoms with Crippen molar-refractivity contribution in [3.63, 3.8) is 0 Å². The zero-order chi connectivity index (χ0) is 26.9. The van der Waals surface area contributed by atoms with Crippen LogP contribution in [0.1, 0.15) is 41.3 Å². The van der Waals surface area contributed by atoms with Gasteiger partial charge < -0.3 is 15.5 Å². The number of rotatable bonds is 9. The molecule has 14 heteroatoms. The summed E-state index contributed by atoms with van der Waals surface area (Å²) < 4.78 is 41.2. The first-order valence-electron chi connectivity index (χ1n) is 11.1. The van der Waals surface area contributed by atoms with Gasteiger partial charge in [-0.1, -0.05) is 35.3 Å². The van der Waals surface area contributed by atoms with Crippen molar-refractivity contribution in [1.29, 1.82) is 0 Å². The average molecular weight is 573 g/mol. The molecular formula is C23H23Cl2FN4O6S. The number of aromatic nitrogens is 2. The van der Waals surface area contributed by atoms with Crippen molar-refractivity contribution in [1.82, 2.24) is 9.97 Å². The summed E-state index contributed by atoms with van der Waals surface area (Å²) in [4.78, 5) is 21.4. The quantitative estimate of drug-likeness (QED) is 0.330. The molecule has 0 bridgehead atoms. The first-order valence-corrected chi connectivity index (χ1v) is 13.3. The predicted octanol–water partition coefficient (Wildman–Crippen LogP) is 2.78. The number of nitrogens with one attached hydrogen (secondary N) is 1. The van der Waals surface area contributed by atoms with Gasteiger partial charge in [-0.05, 0) is 25.0 Å². The number of ketones is 1. The smallest absolute Gasteiger partial charge is 0.333 e. The van der Waals surface area contributed by atoms with Gasteiger partial charge in [0.05, 0.1) is 23.3 Å². The van der Waals surface area contributed by atoms with E-state index in [1.165, 1.54) is 36.8 Å². The number of benzene rings is 1. The van der Waals surface area contributed by atoms with E-state index in [1.54, 1.807) is 0 Å². The molecule has 1 aromatic heterocycles. The molecule has 37 heavy (non-hydrogen) atoms. The largest absolute Gasteiger partial charge is 0.393 e. The van der Waals surface area contributed by atoms with Crippen LogP contribution in [0.15, 0.2) is 53.0 Å². The minimum atomic E-state index is -4.14. The molecule has 0 saturated heterocycles. The van der Waals surface area contributed by atoms with E-state index in [0.29, 0.717) is 6.42 Å². The third-order valence-corrected chi connectivity index (χ3v) is 7.36. The van der Waals surface area contributed by atoms with Crippen LogP contribution in [0.4, 0.5) is 10.2 Å². The van der Waals surface area contributed by atoms with Gasteiger partial charge in [-0.2, -0.15) is 8.42 Å². The first-order chi connectivity index (χ1) is 17.4. The maximum Gasteiger partial charge on any atom is 0.333 e. The van der Waals surface area contributed by atoms with Gasteiger partial charge in [0.25, 0.3) is 0 Å². The molecule has 0 amide bonds. The number of anilines is 1. The molecule has 2 aromatic rings. The van der Waals surface area contributed by atoms with Crippen LogP contribution in [0.25, 0.3) is 0 Å². The monoisotopic (exact) mass is 572 g/mol. The molecule has 1 unspecified atom stereocenters. The lowest BCUT2D eigenvalue weighted by Crippen LogP contribution is -2.24. The fourth-order valence-electron chi connectivity index (χ4n) is 4.42. The molecule has 0 spiro atoms. The Labute approximate surface area is 222 Å². The van der Waals surface area contributed by atoms with Gasteiger partial charge in [-0.15, -0.1) is 0 Å². The van der Waals surface area contributed by atoms with E-state index < -0.39 is 40.0 Å². The molecule has 2 aliphatic rings. The third-order valence-electron chi connectivity index (χ3n) is 6.25. The van der Waals surface area contributed by atoms with Crippen LogP contribution in [-0.4, -0.2) is 53.1 Å². The molecule has 2 aliphatic carbocycles. The maximum atomic E-state index is 14.4. The van der Waals surface area contributed by atoms with E-state index in [0.717, 1.165) is 0 Å². The summed E-state index contributed by atoms with van der Waals surface area (Å²) in [6.45, 7) is -0.275. The lowest BCUT2D eigenvalue weighted by molar-refractivity contribution is 0.101. The summed E-state index contributed by atoms with van der Waals surface area (Å²) in [5.41, 5.74) is 0.470. The van der Waals surface area contributed by atoms with Crippen molar-refractivity contribution < 1.29 is 32.0 Å². The van der Waals surface area contributed by atoms with E-state index in [1.807, 2.05) is 0 Å². The van der Waals surface area contributed by atoms with Crippen molar-refractivity contribution >= 4 is 45.1 Å².